The first-order valence-electron chi connectivity index (χ1n) is 8.17. The van der Waals surface area contributed by atoms with E-state index in [-0.39, 0.29) is 18.5 Å². The fraction of sp³-hybridized carbons (Fsp3) is 0.211. The zero-order valence-electron chi connectivity index (χ0n) is 13.5. The van der Waals surface area contributed by atoms with Crippen LogP contribution in [0.1, 0.15) is 18.2 Å². The number of fused-ring (bicyclic) bond motifs is 1. The molecule has 0 radical (unpaired) electrons. The molecule has 25 heavy (non-hydrogen) atoms. The molecule has 2 aromatic heterocycles. The molecule has 0 amide bonds. The molecule has 6 heteroatoms. The largest absolute Gasteiger partial charge is 0.396 e. The number of hydrogen-bond donors (Lipinski definition) is 1. The highest BCUT2D eigenvalue weighted by Gasteiger charge is 2.26. The number of nitrogens with zero attached hydrogens (tertiary/aromatic N) is 4. The lowest BCUT2D eigenvalue weighted by molar-refractivity contribution is 0.252. The van der Waals surface area contributed by atoms with Gasteiger partial charge < -0.3 is 5.11 Å². The molecule has 1 aliphatic rings. The molecular formula is C19H17FN4O. The maximum absolute atomic E-state index is 13.3. The number of hydrogen-bond acceptors (Lipinski definition) is 4. The summed E-state index contributed by atoms with van der Waals surface area (Å²) in [6, 6.07) is 10.2. The molecule has 4 rings (SSSR count). The van der Waals surface area contributed by atoms with Gasteiger partial charge in [-0.15, -0.1) is 0 Å². The first kappa shape index (κ1) is 15.7. The van der Waals surface area contributed by atoms with E-state index in [4.69, 9.17) is 5.10 Å². The highest BCUT2D eigenvalue weighted by atomic mass is 19.1. The number of pyridine rings is 1. The standard InChI is InChI=1S/C19H17FN4O/c20-15-3-1-14(2-4-15)19-18(13-5-8-21-9-6-13)17-12-22-11-16(7-10-25)24(17)23-19/h1-6,8-9,12,16,25H,7,10-11H2. The molecule has 3 heterocycles. The summed E-state index contributed by atoms with van der Waals surface area (Å²) in [6.45, 7) is 0.670. The lowest BCUT2D eigenvalue weighted by Crippen LogP contribution is -2.21. The van der Waals surface area contributed by atoms with Crippen LogP contribution < -0.4 is 0 Å². The van der Waals surface area contributed by atoms with E-state index in [2.05, 4.69) is 9.98 Å². The first-order chi connectivity index (χ1) is 12.3. The van der Waals surface area contributed by atoms with Crippen molar-refractivity contribution in [3.63, 3.8) is 0 Å². The quantitative estimate of drug-likeness (QED) is 0.796. The van der Waals surface area contributed by atoms with Gasteiger partial charge >= 0.3 is 0 Å². The van der Waals surface area contributed by atoms with Crippen molar-refractivity contribution < 1.29 is 9.50 Å². The van der Waals surface area contributed by atoms with Crippen molar-refractivity contribution in [2.24, 2.45) is 4.99 Å². The van der Waals surface area contributed by atoms with Crippen molar-refractivity contribution >= 4 is 6.21 Å². The summed E-state index contributed by atoms with van der Waals surface area (Å²) in [6.07, 6.45) is 5.88. The molecule has 126 valence electrons. The van der Waals surface area contributed by atoms with E-state index in [1.54, 1.807) is 24.5 Å². The predicted molar refractivity (Wildman–Crippen MR) is 94.1 cm³/mol. The average molecular weight is 336 g/mol. The maximum atomic E-state index is 13.3. The van der Waals surface area contributed by atoms with Crippen LogP contribution >= 0.6 is 0 Å². The molecule has 1 unspecified atom stereocenters. The van der Waals surface area contributed by atoms with E-state index in [0.717, 1.165) is 28.1 Å². The van der Waals surface area contributed by atoms with E-state index in [1.807, 2.05) is 23.0 Å². The van der Waals surface area contributed by atoms with Gasteiger partial charge in [-0.2, -0.15) is 5.10 Å². The molecule has 5 nitrogen and oxygen atoms in total. The second kappa shape index (κ2) is 6.57. The molecule has 0 spiro atoms. The topological polar surface area (TPSA) is 63.3 Å². The molecule has 0 aliphatic carbocycles. The minimum absolute atomic E-state index is 0.0137. The molecule has 1 aliphatic heterocycles. The van der Waals surface area contributed by atoms with Crippen LogP contribution in [-0.2, 0) is 0 Å². The fourth-order valence-electron chi connectivity index (χ4n) is 3.16. The molecule has 1 aromatic carbocycles. The highest BCUT2D eigenvalue weighted by molar-refractivity contribution is 5.95. The van der Waals surface area contributed by atoms with Crippen LogP contribution in [-0.4, -0.2) is 39.2 Å². The third-order valence-electron chi connectivity index (χ3n) is 4.37. The third kappa shape index (κ3) is 2.85. The Labute approximate surface area is 144 Å². The molecule has 1 atom stereocenters. The molecule has 0 bridgehead atoms. The van der Waals surface area contributed by atoms with Crippen molar-refractivity contribution in [2.75, 3.05) is 13.2 Å². The van der Waals surface area contributed by atoms with Gasteiger partial charge in [-0.05, 0) is 48.4 Å². The van der Waals surface area contributed by atoms with Crippen LogP contribution in [0.3, 0.4) is 0 Å². The Balaban J connectivity index is 1.94. The van der Waals surface area contributed by atoms with Gasteiger partial charge in [0, 0.05) is 36.3 Å². The summed E-state index contributed by atoms with van der Waals surface area (Å²) in [7, 11) is 0. The van der Waals surface area contributed by atoms with E-state index in [0.29, 0.717) is 13.0 Å². The summed E-state index contributed by atoms with van der Waals surface area (Å²) in [5, 5.41) is 14.1. The van der Waals surface area contributed by atoms with E-state index < -0.39 is 0 Å². The Bertz CT molecular complexity index is 903. The van der Waals surface area contributed by atoms with Crippen molar-refractivity contribution in [3.8, 4) is 22.4 Å². The SMILES string of the molecule is OCCC1CN=Cc2c(-c3ccncc3)c(-c3ccc(F)cc3)nn21. The number of halogens is 1. The van der Waals surface area contributed by atoms with Crippen LogP contribution in [0.25, 0.3) is 22.4 Å². The van der Waals surface area contributed by atoms with Crippen LogP contribution in [0, 0.1) is 5.82 Å². The lowest BCUT2D eigenvalue weighted by Gasteiger charge is -2.20. The van der Waals surface area contributed by atoms with Crippen LogP contribution in [0.15, 0.2) is 53.8 Å². The summed E-state index contributed by atoms with van der Waals surface area (Å²) in [5.74, 6) is -0.280. The number of aliphatic imine (C=N–C) groups is 1. The smallest absolute Gasteiger partial charge is 0.123 e. The zero-order valence-corrected chi connectivity index (χ0v) is 13.5. The Morgan fingerprint density at radius 2 is 1.84 bits per heavy atom. The Morgan fingerprint density at radius 1 is 1.08 bits per heavy atom. The van der Waals surface area contributed by atoms with Crippen LogP contribution in [0.2, 0.25) is 0 Å². The number of rotatable bonds is 4. The summed E-state index contributed by atoms with van der Waals surface area (Å²) < 4.78 is 15.3. The van der Waals surface area contributed by atoms with Gasteiger partial charge in [0.25, 0.3) is 0 Å². The Hall–Kier alpha value is -2.86. The van der Waals surface area contributed by atoms with Crippen LogP contribution in [0.5, 0.6) is 0 Å². The monoisotopic (exact) mass is 336 g/mol. The van der Waals surface area contributed by atoms with E-state index in [1.165, 1.54) is 12.1 Å². The molecular weight excluding hydrogens is 319 g/mol. The minimum Gasteiger partial charge on any atom is -0.396 e. The minimum atomic E-state index is -0.280. The first-order valence-corrected chi connectivity index (χ1v) is 8.17. The van der Waals surface area contributed by atoms with Gasteiger partial charge in [-0.25, -0.2) is 4.39 Å². The van der Waals surface area contributed by atoms with E-state index in [9.17, 15) is 9.50 Å². The van der Waals surface area contributed by atoms with Gasteiger partial charge in [-0.1, -0.05) is 0 Å². The van der Waals surface area contributed by atoms with E-state index >= 15 is 0 Å². The summed E-state index contributed by atoms with van der Waals surface area (Å²) >= 11 is 0. The molecule has 0 saturated carbocycles. The second-order valence-corrected chi connectivity index (χ2v) is 5.96. The fourth-order valence-corrected chi connectivity index (χ4v) is 3.16. The number of aliphatic hydroxyl groups is 1. The van der Waals surface area contributed by atoms with Gasteiger partial charge in [0.1, 0.15) is 11.5 Å². The summed E-state index contributed by atoms with van der Waals surface area (Å²) in [5.41, 5.74) is 4.44. The lowest BCUT2D eigenvalue weighted by atomic mass is 9.99. The van der Waals surface area contributed by atoms with Gasteiger partial charge in [0.05, 0.1) is 18.3 Å². The third-order valence-corrected chi connectivity index (χ3v) is 4.37. The number of benzene rings is 1. The molecule has 0 fully saturated rings. The van der Waals surface area contributed by atoms with Gasteiger partial charge in [-0.3, -0.25) is 14.7 Å². The molecule has 1 N–H and O–H groups in total. The van der Waals surface area contributed by atoms with Crippen molar-refractivity contribution in [3.05, 3.63) is 60.3 Å². The Kier molecular flexibility index (Phi) is 4.11. The summed E-state index contributed by atoms with van der Waals surface area (Å²) in [4.78, 5) is 8.54. The van der Waals surface area contributed by atoms with Crippen molar-refractivity contribution in [1.29, 1.82) is 0 Å². The Morgan fingerprint density at radius 3 is 2.56 bits per heavy atom. The maximum Gasteiger partial charge on any atom is 0.123 e. The van der Waals surface area contributed by atoms with Gasteiger partial charge in [0.2, 0.25) is 0 Å². The zero-order chi connectivity index (χ0) is 17.2. The number of aromatic nitrogens is 3. The predicted octanol–water partition coefficient (Wildman–Crippen LogP) is 3.11. The number of aliphatic hydroxyl groups excluding tert-OH is 1. The average Bonchev–Trinajstić information content (AvgIpc) is 3.04. The van der Waals surface area contributed by atoms with Crippen molar-refractivity contribution in [1.82, 2.24) is 14.8 Å². The normalized spacial score (nSPS) is 16.0. The van der Waals surface area contributed by atoms with Crippen molar-refractivity contribution in [2.45, 2.75) is 12.5 Å². The molecule has 3 aromatic rings. The van der Waals surface area contributed by atoms with Crippen LogP contribution in [0.4, 0.5) is 4.39 Å². The van der Waals surface area contributed by atoms with Gasteiger partial charge in [0.15, 0.2) is 0 Å². The molecule has 0 saturated heterocycles. The second-order valence-electron chi connectivity index (χ2n) is 5.96. The highest BCUT2D eigenvalue weighted by Crippen LogP contribution is 2.36.